The van der Waals surface area contributed by atoms with Crippen LogP contribution in [0.1, 0.15) is 44.2 Å². The first-order valence-corrected chi connectivity index (χ1v) is 8.01. The first-order chi connectivity index (χ1) is 7.81. The van der Waals surface area contributed by atoms with Crippen molar-refractivity contribution >= 4 is 23.1 Å². The van der Waals surface area contributed by atoms with Crippen molar-refractivity contribution in [2.45, 2.75) is 50.4 Å². The van der Waals surface area contributed by atoms with Gasteiger partial charge in [-0.3, -0.25) is 0 Å². The Morgan fingerprint density at radius 1 is 1.62 bits per heavy atom. The molecule has 2 rings (SSSR count). The summed E-state index contributed by atoms with van der Waals surface area (Å²) in [4.78, 5) is 4.38. The minimum Gasteiger partial charge on any atom is -0.304 e. The summed E-state index contributed by atoms with van der Waals surface area (Å²) in [5.41, 5.74) is 0. The van der Waals surface area contributed by atoms with E-state index in [1.807, 2.05) is 6.20 Å². The number of rotatable bonds is 5. The largest absolute Gasteiger partial charge is 0.304 e. The quantitative estimate of drug-likeness (QED) is 0.873. The first kappa shape index (κ1) is 12.4. The van der Waals surface area contributed by atoms with Crippen molar-refractivity contribution in [3.8, 4) is 0 Å². The molecule has 0 radical (unpaired) electrons. The fraction of sp³-hybridized carbons (Fsp3) is 0.750. The van der Waals surface area contributed by atoms with Crippen LogP contribution in [0.3, 0.4) is 0 Å². The molecule has 3 unspecified atom stereocenters. The van der Waals surface area contributed by atoms with Gasteiger partial charge in [0.25, 0.3) is 0 Å². The monoisotopic (exact) mass is 256 g/mol. The first-order valence-electron chi connectivity index (χ1n) is 6.08. The second-order valence-corrected chi connectivity index (χ2v) is 6.73. The van der Waals surface area contributed by atoms with Crippen LogP contribution in [0.15, 0.2) is 11.6 Å². The van der Waals surface area contributed by atoms with Gasteiger partial charge in [-0.05, 0) is 25.5 Å². The van der Waals surface area contributed by atoms with E-state index in [0.29, 0.717) is 12.1 Å². The van der Waals surface area contributed by atoms with Crippen molar-refractivity contribution in [2.24, 2.45) is 0 Å². The molecule has 0 amide bonds. The Balaban J connectivity index is 1.88. The maximum Gasteiger partial charge on any atom is 0.109 e. The van der Waals surface area contributed by atoms with Crippen LogP contribution in [0, 0.1) is 0 Å². The van der Waals surface area contributed by atoms with E-state index >= 15 is 0 Å². The molecule has 0 aliphatic heterocycles. The highest BCUT2D eigenvalue weighted by atomic mass is 32.2. The highest BCUT2D eigenvalue weighted by Crippen LogP contribution is 2.31. The summed E-state index contributed by atoms with van der Waals surface area (Å²) in [6, 6.07) is 1.09. The Labute approximate surface area is 106 Å². The standard InChI is InChI=1S/C12H20N2S2/c1-3-15-11-6-4-5-10(11)14-9(2)12-13-7-8-16-12/h7-11,14H,3-6H2,1-2H3. The lowest BCUT2D eigenvalue weighted by Gasteiger charge is -2.23. The van der Waals surface area contributed by atoms with Gasteiger partial charge in [0, 0.05) is 22.9 Å². The van der Waals surface area contributed by atoms with Crippen LogP contribution < -0.4 is 5.32 Å². The number of thioether (sulfide) groups is 1. The summed E-state index contributed by atoms with van der Waals surface area (Å²) in [5, 5.41) is 7.83. The zero-order valence-corrected chi connectivity index (χ0v) is 11.6. The minimum absolute atomic E-state index is 0.406. The Bertz CT molecular complexity index is 300. The Morgan fingerprint density at radius 3 is 3.19 bits per heavy atom. The predicted octanol–water partition coefficient (Wildman–Crippen LogP) is 3.47. The molecule has 16 heavy (non-hydrogen) atoms. The SMILES string of the molecule is CCSC1CCCC1NC(C)c1nccs1. The fourth-order valence-electron chi connectivity index (χ4n) is 2.37. The van der Waals surface area contributed by atoms with Gasteiger partial charge in [0.2, 0.25) is 0 Å². The number of hydrogen-bond donors (Lipinski definition) is 1. The van der Waals surface area contributed by atoms with Crippen molar-refractivity contribution in [3.63, 3.8) is 0 Å². The molecule has 0 saturated heterocycles. The van der Waals surface area contributed by atoms with Crippen LogP contribution in [0.2, 0.25) is 0 Å². The zero-order valence-electron chi connectivity index (χ0n) is 9.98. The average Bonchev–Trinajstić information content (AvgIpc) is 2.90. The number of nitrogens with zero attached hydrogens (tertiary/aromatic N) is 1. The summed E-state index contributed by atoms with van der Waals surface area (Å²) in [6.45, 7) is 4.48. The minimum atomic E-state index is 0.406. The molecule has 0 bridgehead atoms. The molecule has 1 N–H and O–H groups in total. The molecule has 0 spiro atoms. The highest BCUT2D eigenvalue weighted by molar-refractivity contribution is 7.99. The molecule has 1 saturated carbocycles. The van der Waals surface area contributed by atoms with E-state index in [-0.39, 0.29) is 0 Å². The Hall–Kier alpha value is -0.0600. The highest BCUT2D eigenvalue weighted by Gasteiger charge is 2.28. The van der Waals surface area contributed by atoms with Crippen LogP contribution in [0.4, 0.5) is 0 Å². The van der Waals surface area contributed by atoms with E-state index in [9.17, 15) is 0 Å². The van der Waals surface area contributed by atoms with Crippen LogP contribution in [0.5, 0.6) is 0 Å². The van der Waals surface area contributed by atoms with Crippen LogP contribution in [-0.2, 0) is 0 Å². The summed E-state index contributed by atoms with van der Waals surface area (Å²) in [6.07, 6.45) is 5.97. The third-order valence-electron chi connectivity index (χ3n) is 3.12. The normalized spacial score (nSPS) is 27.1. The van der Waals surface area contributed by atoms with Crippen molar-refractivity contribution in [3.05, 3.63) is 16.6 Å². The maximum atomic E-state index is 4.38. The molecule has 0 aromatic carbocycles. The van der Waals surface area contributed by atoms with Gasteiger partial charge in [-0.25, -0.2) is 4.98 Å². The smallest absolute Gasteiger partial charge is 0.109 e. The fourth-order valence-corrected chi connectivity index (χ4v) is 4.23. The van der Waals surface area contributed by atoms with E-state index in [4.69, 9.17) is 0 Å². The average molecular weight is 256 g/mol. The molecule has 1 aliphatic rings. The lowest BCUT2D eigenvalue weighted by atomic mass is 10.2. The number of hydrogen-bond acceptors (Lipinski definition) is 4. The molecular weight excluding hydrogens is 236 g/mol. The molecule has 90 valence electrons. The molecule has 3 atom stereocenters. The van der Waals surface area contributed by atoms with Crippen LogP contribution in [-0.4, -0.2) is 22.0 Å². The summed E-state index contributed by atoms with van der Waals surface area (Å²) >= 11 is 3.86. The van der Waals surface area contributed by atoms with E-state index in [0.717, 1.165) is 5.25 Å². The van der Waals surface area contributed by atoms with Gasteiger partial charge in [-0.1, -0.05) is 13.3 Å². The van der Waals surface area contributed by atoms with Crippen LogP contribution in [0.25, 0.3) is 0 Å². The molecular formula is C12H20N2S2. The summed E-state index contributed by atoms with van der Waals surface area (Å²) < 4.78 is 0. The van der Waals surface area contributed by atoms with Gasteiger partial charge in [0.15, 0.2) is 0 Å². The molecule has 1 aromatic heterocycles. The van der Waals surface area contributed by atoms with Gasteiger partial charge in [0.05, 0.1) is 6.04 Å². The predicted molar refractivity (Wildman–Crippen MR) is 73.2 cm³/mol. The molecule has 1 aliphatic carbocycles. The number of thiazole rings is 1. The van der Waals surface area contributed by atoms with Gasteiger partial charge in [-0.15, -0.1) is 11.3 Å². The Morgan fingerprint density at radius 2 is 2.50 bits per heavy atom. The summed E-state index contributed by atoms with van der Waals surface area (Å²) in [5.74, 6) is 1.23. The van der Waals surface area contributed by atoms with Crippen LogP contribution >= 0.6 is 23.1 Å². The van der Waals surface area contributed by atoms with Gasteiger partial charge in [0.1, 0.15) is 5.01 Å². The van der Waals surface area contributed by atoms with Gasteiger partial charge in [-0.2, -0.15) is 11.8 Å². The molecule has 1 fully saturated rings. The van der Waals surface area contributed by atoms with E-state index in [1.54, 1.807) is 11.3 Å². The third kappa shape index (κ3) is 2.99. The Kier molecular flexibility index (Phi) is 4.67. The summed E-state index contributed by atoms with van der Waals surface area (Å²) in [7, 11) is 0. The second-order valence-electron chi connectivity index (χ2n) is 4.29. The van der Waals surface area contributed by atoms with Crippen molar-refractivity contribution in [1.29, 1.82) is 0 Å². The lowest BCUT2D eigenvalue weighted by molar-refractivity contribution is 0.466. The van der Waals surface area contributed by atoms with E-state index < -0.39 is 0 Å². The topological polar surface area (TPSA) is 24.9 Å². The van der Waals surface area contributed by atoms with Gasteiger partial charge >= 0.3 is 0 Å². The van der Waals surface area contributed by atoms with E-state index in [1.165, 1.54) is 30.0 Å². The van der Waals surface area contributed by atoms with Crippen molar-refractivity contribution < 1.29 is 0 Å². The van der Waals surface area contributed by atoms with E-state index in [2.05, 4.69) is 41.3 Å². The third-order valence-corrected chi connectivity index (χ3v) is 5.40. The lowest BCUT2D eigenvalue weighted by Crippen LogP contribution is -2.36. The van der Waals surface area contributed by atoms with Crippen molar-refractivity contribution in [1.82, 2.24) is 10.3 Å². The molecule has 4 heteroatoms. The molecule has 2 nitrogen and oxygen atoms in total. The zero-order chi connectivity index (χ0) is 11.4. The maximum absolute atomic E-state index is 4.38. The van der Waals surface area contributed by atoms with Crippen molar-refractivity contribution in [2.75, 3.05) is 5.75 Å². The van der Waals surface area contributed by atoms with Gasteiger partial charge < -0.3 is 5.32 Å². The number of nitrogens with one attached hydrogen (secondary N) is 1. The molecule has 1 aromatic rings. The second kappa shape index (κ2) is 6.03. The molecule has 1 heterocycles. The number of aromatic nitrogens is 1.